The number of sulfonamides is 1. The van der Waals surface area contributed by atoms with Gasteiger partial charge in [-0.3, -0.25) is 9.78 Å². The van der Waals surface area contributed by atoms with Crippen LogP contribution in [-0.4, -0.2) is 61.1 Å². The number of aliphatic hydroxyl groups excluding tert-OH is 2. The van der Waals surface area contributed by atoms with Crippen molar-refractivity contribution >= 4 is 40.7 Å². The SMILES string of the molecule is Cl.Cl.O=C(NS(=O)(=O)CCO)c1ccc(-c2ccc(CCNC[C@@H](O)c3cccnc3)cc2)cc1OC1CCCCC1. The Kier molecular flexibility index (Phi) is 14.7. The highest BCUT2D eigenvalue weighted by molar-refractivity contribution is 7.90. The summed E-state index contributed by atoms with van der Waals surface area (Å²) < 4.78 is 32.4. The molecule has 1 heterocycles. The Bertz CT molecular complexity index is 1360. The van der Waals surface area contributed by atoms with Crippen molar-refractivity contribution in [3.05, 3.63) is 83.7 Å². The van der Waals surface area contributed by atoms with Crippen molar-refractivity contribution in [2.75, 3.05) is 25.4 Å². The first kappa shape index (κ1) is 35.5. The lowest BCUT2D eigenvalue weighted by atomic mass is 9.97. The zero-order valence-electron chi connectivity index (χ0n) is 23.3. The van der Waals surface area contributed by atoms with E-state index in [1.54, 1.807) is 36.7 Å². The number of pyridine rings is 1. The highest BCUT2D eigenvalue weighted by Crippen LogP contribution is 2.31. The number of aromatic nitrogens is 1. The third-order valence-corrected chi connectivity index (χ3v) is 8.18. The summed E-state index contributed by atoms with van der Waals surface area (Å²) in [4.78, 5) is 16.9. The van der Waals surface area contributed by atoms with Gasteiger partial charge >= 0.3 is 0 Å². The van der Waals surface area contributed by atoms with Gasteiger partial charge in [0.2, 0.25) is 10.0 Å². The minimum atomic E-state index is -3.95. The summed E-state index contributed by atoms with van der Waals surface area (Å²) in [5.41, 5.74) is 3.85. The molecule has 0 bridgehead atoms. The Labute approximate surface area is 260 Å². The Morgan fingerprint density at radius 2 is 1.74 bits per heavy atom. The molecule has 1 aliphatic carbocycles. The molecule has 230 valence electrons. The molecular formula is C30H39Cl2N3O6S. The van der Waals surface area contributed by atoms with E-state index in [2.05, 4.69) is 10.3 Å². The van der Waals surface area contributed by atoms with Gasteiger partial charge in [0.25, 0.3) is 5.91 Å². The topological polar surface area (TPSA) is 138 Å². The maximum atomic E-state index is 12.9. The number of ether oxygens (including phenoxy) is 1. The highest BCUT2D eigenvalue weighted by atomic mass is 35.5. The zero-order valence-corrected chi connectivity index (χ0v) is 25.7. The fraction of sp³-hybridized carbons (Fsp3) is 0.400. The Morgan fingerprint density at radius 1 is 1.02 bits per heavy atom. The summed E-state index contributed by atoms with van der Waals surface area (Å²) in [6.07, 6.45) is 8.51. The smallest absolute Gasteiger partial charge is 0.268 e. The fourth-order valence-electron chi connectivity index (χ4n) is 4.74. The minimum absolute atomic E-state index is 0. The summed E-state index contributed by atoms with van der Waals surface area (Å²) in [7, 11) is -3.95. The molecule has 1 atom stereocenters. The van der Waals surface area contributed by atoms with Crippen molar-refractivity contribution in [3.8, 4) is 16.9 Å². The molecule has 1 aromatic heterocycles. The maximum absolute atomic E-state index is 12.9. The number of aliphatic hydroxyl groups is 2. The minimum Gasteiger partial charge on any atom is -0.490 e. The number of halogens is 2. The van der Waals surface area contributed by atoms with Crippen molar-refractivity contribution in [1.82, 2.24) is 15.0 Å². The number of rotatable bonds is 13. The number of benzene rings is 2. The number of hydrogen-bond acceptors (Lipinski definition) is 8. The van der Waals surface area contributed by atoms with Crippen molar-refractivity contribution in [1.29, 1.82) is 0 Å². The van der Waals surface area contributed by atoms with Gasteiger partial charge in [0.1, 0.15) is 5.75 Å². The second-order valence-corrected chi connectivity index (χ2v) is 11.9. The summed E-state index contributed by atoms with van der Waals surface area (Å²) in [5, 5.41) is 22.5. The van der Waals surface area contributed by atoms with Gasteiger partial charge in [0, 0.05) is 24.5 Å². The predicted molar refractivity (Wildman–Crippen MR) is 168 cm³/mol. The third-order valence-electron chi connectivity index (χ3n) is 6.96. The van der Waals surface area contributed by atoms with Crippen molar-refractivity contribution in [2.24, 2.45) is 0 Å². The van der Waals surface area contributed by atoms with Gasteiger partial charge in [0.05, 0.1) is 30.1 Å². The lowest BCUT2D eigenvalue weighted by molar-refractivity contribution is 0.0969. The van der Waals surface area contributed by atoms with Crippen molar-refractivity contribution in [3.63, 3.8) is 0 Å². The lowest BCUT2D eigenvalue weighted by Crippen LogP contribution is -2.34. The van der Waals surface area contributed by atoms with Crippen LogP contribution in [0.3, 0.4) is 0 Å². The lowest BCUT2D eigenvalue weighted by Gasteiger charge is -2.24. The standard InChI is InChI=1S/C30H37N3O6S.2ClH/c34-17-18-40(37,38)33-30(36)27-13-12-24(19-29(27)39-26-6-2-1-3-7-26)23-10-8-22(9-11-23)14-16-32-21-28(35)25-5-4-15-31-20-25;;/h4-5,8-13,15,19-20,26,28,32,34-35H,1-3,6-7,14,16-18,21H2,(H,33,36);2*1H/t28-;;/m1../s1. The van der Waals surface area contributed by atoms with Crippen molar-refractivity contribution in [2.45, 2.75) is 50.7 Å². The molecule has 0 aliphatic heterocycles. The van der Waals surface area contributed by atoms with Crippen LogP contribution in [0.5, 0.6) is 5.75 Å². The first-order valence-corrected chi connectivity index (χ1v) is 15.3. The molecule has 0 spiro atoms. The number of carbonyl (C=O) groups excluding carboxylic acids is 1. The number of amides is 1. The Morgan fingerprint density at radius 3 is 2.40 bits per heavy atom. The number of nitrogens with zero attached hydrogens (tertiary/aromatic N) is 1. The van der Waals surface area contributed by atoms with E-state index in [0.29, 0.717) is 18.8 Å². The third kappa shape index (κ3) is 10.5. The summed E-state index contributed by atoms with van der Waals surface area (Å²) >= 11 is 0. The maximum Gasteiger partial charge on any atom is 0.268 e. The molecule has 2 aromatic carbocycles. The molecule has 0 saturated heterocycles. The van der Waals surface area contributed by atoms with E-state index in [1.807, 2.05) is 35.1 Å². The fourth-order valence-corrected chi connectivity index (χ4v) is 5.48. The summed E-state index contributed by atoms with van der Waals surface area (Å²) in [6, 6.07) is 16.9. The van der Waals surface area contributed by atoms with Gasteiger partial charge in [-0.2, -0.15) is 0 Å². The van der Waals surface area contributed by atoms with E-state index in [9.17, 15) is 18.3 Å². The molecular weight excluding hydrogens is 601 g/mol. The van der Waals surface area contributed by atoms with Crippen LogP contribution in [0.4, 0.5) is 0 Å². The molecule has 9 nitrogen and oxygen atoms in total. The summed E-state index contributed by atoms with van der Waals surface area (Å²) in [5.74, 6) is -0.980. The van der Waals surface area contributed by atoms with Gasteiger partial charge in [-0.05, 0) is 73.5 Å². The number of nitrogens with one attached hydrogen (secondary N) is 2. The first-order chi connectivity index (χ1) is 19.3. The number of hydrogen-bond donors (Lipinski definition) is 4. The molecule has 42 heavy (non-hydrogen) atoms. The first-order valence-electron chi connectivity index (χ1n) is 13.7. The highest BCUT2D eigenvalue weighted by Gasteiger charge is 2.23. The predicted octanol–water partition coefficient (Wildman–Crippen LogP) is 4.22. The average Bonchev–Trinajstić information content (AvgIpc) is 2.96. The second-order valence-electron chi connectivity index (χ2n) is 10.0. The van der Waals surface area contributed by atoms with Gasteiger partial charge in [-0.15, -0.1) is 24.8 Å². The van der Waals surface area contributed by atoms with E-state index in [-0.39, 0.29) is 36.5 Å². The van der Waals surface area contributed by atoms with E-state index < -0.39 is 34.4 Å². The van der Waals surface area contributed by atoms with Crippen LogP contribution < -0.4 is 14.8 Å². The van der Waals surface area contributed by atoms with Gasteiger partial charge in [0.15, 0.2) is 0 Å². The molecule has 4 rings (SSSR count). The molecule has 1 aliphatic rings. The quantitative estimate of drug-likeness (QED) is 0.204. The largest absolute Gasteiger partial charge is 0.490 e. The molecule has 1 amide bonds. The van der Waals surface area contributed by atoms with Crippen LogP contribution in [-0.2, 0) is 16.4 Å². The molecule has 1 saturated carbocycles. The monoisotopic (exact) mass is 639 g/mol. The molecule has 4 N–H and O–H groups in total. The van der Waals surface area contributed by atoms with E-state index in [0.717, 1.165) is 60.8 Å². The van der Waals surface area contributed by atoms with Crippen LogP contribution in [0.2, 0.25) is 0 Å². The molecule has 1 fully saturated rings. The number of carbonyl (C=O) groups is 1. The van der Waals surface area contributed by atoms with Crippen LogP contribution in [0, 0.1) is 0 Å². The molecule has 0 unspecified atom stereocenters. The molecule has 12 heteroatoms. The van der Waals surface area contributed by atoms with Crippen LogP contribution in [0.15, 0.2) is 67.0 Å². The normalized spacial score (nSPS) is 14.2. The second kappa shape index (κ2) is 17.4. The average molecular weight is 641 g/mol. The van der Waals surface area contributed by atoms with Crippen LogP contribution >= 0.6 is 24.8 Å². The van der Waals surface area contributed by atoms with Crippen LogP contribution in [0.1, 0.15) is 59.7 Å². The molecule has 3 aromatic rings. The van der Waals surface area contributed by atoms with E-state index in [1.165, 1.54) is 0 Å². The Hall–Kier alpha value is -2.73. The van der Waals surface area contributed by atoms with Gasteiger partial charge < -0.3 is 20.3 Å². The Balaban J connectivity index is 0.00000308. The zero-order chi connectivity index (χ0) is 28.4. The van der Waals surface area contributed by atoms with E-state index >= 15 is 0 Å². The van der Waals surface area contributed by atoms with E-state index in [4.69, 9.17) is 9.84 Å². The van der Waals surface area contributed by atoms with Crippen molar-refractivity contribution < 1.29 is 28.2 Å². The van der Waals surface area contributed by atoms with Gasteiger partial charge in [-0.1, -0.05) is 42.8 Å². The molecule has 0 radical (unpaired) electrons. The van der Waals surface area contributed by atoms with Gasteiger partial charge in [-0.25, -0.2) is 13.1 Å². The summed E-state index contributed by atoms with van der Waals surface area (Å²) in [6.45, 7) is 0.570. The van der Waals surface area contributed by atoms with Crippen LogP contribution in [0.25, 0.3) is 11.1 Å².